The molecule has 1 unspecified atom stereocenters. The molecule has 108 valence electrons. The van der Waals surface area contributed by atoms with Crippen molar-refractivity contribution in [2.45, 2.75) is 25.8 Å². The summed E-state index contributed by atoms with van der Waals surface area (Å²) in [5, 5.41) is 9.56. The number of nitrogens with zero attached hydrogens (tertiary/aromatic N) is 4. The van der Waals surface area contributed by atoms with Crippen LogP contribution in [0.5, 0.6) is 0 Å². The summed E-state index contributed by atoms with van der Waals surface area (Å²) < 4.78 is 14.5. The predicted molar refractivity (Wildman–Crippen MR) is 78.1 cm³/mol. The first-order valence-electron chi connectivity index (χ1n) is 7.28. The molecule has 1 aliphatic carbocycles. The molecule has 0 spiro atoms. The fraction of sp³-hybridized carbons (Fsp3) is 0.615. The molecule has 4 atom stereocenters. The number of aromatic nitrogens is 4. The van der Waals surface area contributed by atoms with Crippen LogP contribution in [0, 0.1) is 18.8 Å². The summed E-state index contributed by atoms with van der Waals surface area (Å²) in [6, 6.07) is 0.268. The molecule has 1 N–H and O–H groups in total. The largest absolute Gasteiger partial charge is 0.396 e. The summed E-state index contributed by atoms with van der Waals surface area (Å²) in [5.41, 5.74) is 2.57. The molecule has 0 bridgehead atoms. The van der Waals surface area contributed by atoms with Gasteiger partial charge in [-0.15, -0.1) is 0 Å². The molecule has 0 amide bonds. The Morgan fingerprint density at radius 2 is 2.30 bits per heavy atom. The van der Waals surface area contributed by atoms with Crippen molar-refractivity contribution < 1.29 is 9.63 Å². The van der Waals surface area contributed by atoms with Crippen LogP contribution in [0.1, 0.15) is 24.6 Å². The van der Waals surface area contributed by atoms with E-state index in [4.69, 9.17) is 5.80 Å². The average molecular weight is 296 g/mol. The molecule has 1 aliphatic rings. The molecule has 2 aromatic heterocycles. The molecule has 1 saturated carbocycles. The maximum Gasteiger partial charge on any atom is 0.163 e. The standard InChI is InChI=1S/C13H19N4O2P/c1-8-12-13(15-6-14-8)17(7-16-12)11-2-9(4-18)10(3-11)5-19-20/h6-7,9-11,18H,2-5,20H2,1H3/t9-,10+,11-/m1/s1/i20T/t9-,10+,11-,20?. The highest BCUT2D eigenvalue weighted by Gasteiger charge is 2.35. The molecule has 6 nitrogen and oxygen atoms in total. The van der Waals surface area contributed by atoms with Gasteiger partial charge in [-0.05, 0) is 31.6 Å². The summed E-state index contributed by atoms with van der Waals surface area (Å²) in [5.74, 6) is 0.505. The van der Waals surface area contributed by atoms with Crippen molar-refractivity contribution in [3.8, 4) is 0 Å². The summed E-state index contributed by atoms with van der Waals surface area (Å²) in [7, 11) is -0.248. The van der Waals surface area contributed by atoms with Crippen LogP contribution in [0.25, 0.3) is 11.2 Å². The van der Waals surface area contributed by atoms with Crippen molar-refractivity contribution in [2.24, 2.45) is 11.8 Å². The highest BCUT2D eigenvalue weighted by molar-refractivity contribution is 7.09. The van der Waals surface area contributed by atoms with E-state index in [1.807, 2.05) is 13.3 Å². The first-order chi connectivity index (χ1) is 10.2. The molecule has 20 heavy (non-hydrogen) atoms. The monoisotopic (exact) mass is 296 g/mol. The Balaban J connectivity index is 1.85. The number of aliphatic hydroxyl groups is 1. The van der Waals surface area contributed by atoms with Crippen molar-refractivity contribution in [2.75, 3.05) is 13.2 Å². The maximum atomic E-state index is 9.56. The van der Waals surface area contributed by atoms with Gasteiger partial charge in [0.25, 0.3) is 0 Å². The van der Waals surface area contributed by atoms with Crippen LogP contribution >= 0.6 is 9.41 Å². The molecule has 2 aromatic rings. The van der Waals surface area contributed by atoms with Crippen molar-refractivity contribution in [3.05, 3.63) is 18.3 Å². The van der Waals surface area contributed by atoms with Crippen molar-refractivity contribution >= 4 is 20.6 Å². The normalized spacial score (nSPS) is 27.7. The molecule has 1 fully saturated rings. The van der Waals surface area contributed by atoms with E-state index in [9.17, 15) is 5.11 Å². The average Bonchev–Trinajstić information content (AvgIpc) is 3.09. The molecule has 7 heteroatoms. The third kappa shape index (κ3) is 2.32. The van der Waals surface area contributed by atoms with E-state index >= 15 is 0 Å². The highest BCUT2D eigenvalue weighted by Crippen LogP contribution is 2.40. The third-order valence-corrected chi connectivity index (χ3v) is 4.45. The van der Waals surface area contributed by atoms with Crippen LogP contribution in [-0.4, -0.2) is 39.1 Å². The van der Waals surface area contributed by atoms with Gasteiger partial charge in [-0.3, -0.25) is 0 Å². The number of aliphatic hydroxyl groups excluding tert-OH is 1. The first-order valence-corrected chi connectivity index (χ1v) is 7.19. The Kier molecular flexibility index (Phi) is 3.61. The van der Waals surface area contributed by atoms with Crippen molar-refractivity contribution in [3.63, 3.8) is 0 Å². The predicted octanol–water partition coefficient (Wildman–Crippen LogP) is 1.50. The van der Waals surface area contributed by atoms with Crippen molar-refractivity contribution in [1.82, 2.24) is 19.5 Å². The van der Waals surface area contributed by atoms with Crippen molar-refractivity contribution in [1.29, 1.82) is 1.28 Å². The molecule has 2 heterocycles. The summed E-state index contributed by atoms with van der Waals surface area (Å²) >= 11 is 0. The van der Waals surface area contributed by atoms with E-state index in [0.29, 0.717) is 12.5 Å². The zero-order chi connectivity index (χ0) is 14.8. The Morgan fingerprint density at radius 3 is 3.10 bits per heavy atom. The molecule has 0 saturated heterocycles. The van der Waals surface area contributed by atoms with E-state index in [1.165, 1.54) is 0 Å². The minimum atomic E-state index is -0.248. The quantitative estimate of drug-likeness (QED) is 0.847. The van der Waals surface area contributed by atoms with Crippen LogP contribution in [0.3, 0.4) is 0 Å². The number of hydrogen-bond acceptors (Lipinski definition) is 5. The number of hydrogen-bond donors (Lipinski definition) is 1. The molecule has 0 aromatic carbocycles. The zero-order valence-corrected chi connectivity index (χ0v) is 12.4. The number of aryl methyl sites for hydroxylation is 1. The minimum Gasteiger partial charge on any atom is -0.396 e. The Hall–Kier alpha value is -1.10. The van der Waals surface area contributed by atoms with Gasteiger partial charge in [0, 0.05) is 22.1 Å². The second-order valence-electron chi connectivity index (χ2n) is 5.42. The lowest BCUT2D eigenvalue weighted by Gasteiger charge is -2.14. The highest BCUT2D eigenvalue weighted by atomic mass is 31.0. The van der Waals surface area contributed by atoms with Gasteiger partial charge in [-0.1, -0.05) is 0 Å². The summed E-state index contributed by atoms with van der Waals surface area (Å²) in [6.45, 7) is 2.63. The fourth-order valence-corrected chi connectivity index (χ4v) is 3.39. The molecule has 0 aliphatic heterocycles. The van der Waals surface area contributed by atoms with Gasteiger partial charge in [0.1, 0.15) is 11.8 Å². The van der Waals surface area contributed by atoms with Gasteiger partial charge >= 0.3 is 0 Å². The van der Waals surface area contributed by atoms with Crippen LogP contribution in [0.4, 0.5) is 0 Å². The second-order valence-corrected chi connectivity index (χ2v) is 5.71. The van der Waals surface area contributed by atoms with Gasteiger partial charge in [0.15, 0.2) is 5.65 Å². The number of fused-ring (bicyclic) bond motifs is 1. The Morgan fingerprint density at radius 1 is 1.45 bits per heavy atom. The van der Waals surface area contributed by atoms with E-state index in [2.05, 4.69) is 19.5 Å². The van der Waals surface area contributed by atoms with E-state index in [0.717, 1.165) is 29.7 Å². The van der Waals surface area contributed by atoms with Crippen LogP contribution in [-0.2, 0) is 4.52 Å². The first kappa shape index (κ1) is 12.6. The summed E-state index contributed by atoms with van der Waals surface area (Å²) in [4.78, 5) is 12.9. The third-order valence-electron chi connectivity index (χ3n) is 4.28. The van der Waals surface area contributed by atoms with Crippen LogP contribution in [0.15, 0.2) is 12.7 Å². The molecule has 3 rings (SSSR count). The second kappa shape index (κ2) is 5.72. The van der Waals surface area contributed by atoms with Gasteiger partial charge in [-0.25, -0.2) is 15.0 Å². The Bertz CT molecular complexity index is 623. The van der Waals surface area contributed by atoms with Gasteiger partial charge in [0.05, 0.1) is 19.9 Å². The lowest BCUT2D eigenvalue weighted by molar-refractivity contribution is 0.161. The van der Waals surface area contributed by atoms with Gasteiger partial charge < -0.3 is 14.2 Å². The zero-order valence-electron chi connectivity index (χ0n) is 12.4. The Labute approximate surface area is 121 Å². The number of imidazole rings is 1. The van der Waals surface area contributed by atoms with E-state index < -0.39 is 0 Å². The van der Waals surface area contributed by atoms with Crippen LogP contribution < -0.4 is 0 Å². The van der Waals surface area contributed by atoms with Gasteiger partial charge in [-0.2, -0.15) is 0 Å². The topological polar surface area (TPSA) is 73.1 Å². The fourth-order valence-electron chi connectivity index (χ4n) is 3.18. The number of rotatable bonds is 5. The molecular formula is C13H19N4O2P. The smallest absolute Gasteiger partial charge is 0.163 e. The molecule has 0 radical (unpaired) electrons. The van der Waals surface area contributed by atoms with E-state index in [-0.39, 0.29) is 28.0 Å². The summed E-state index contributed by atoms with van der Waals surface area (Å²) in [6.07, 6.45) is 5.20. The lowest BCUT2D eigenvalue weighted by atomic mass is 9.98. The minimum absolute atomic E-state index is 0.159. The lowest BCUT2D eigenvalue weighted by Crippen LogP contribution is -2.15. The molecular weight excluding hydrogens is 275 g/mol. The maximum absolute atomic E-state index is 9.56. The van der Waals surface area contributed by atoms with Gasteiger partial charge in [0.2, 0.25) is 0 Å². The SMILES string of the molecule is [3H]POC[C@@H]1C[C@H](n2cnc3c(C)ncnc32)C[C@@H]1CO. The van der Waals surface area contributed by atoms with E-state index in [1.54, 1.807) is 6.33 Å². The van der Waals surface area contributed by atoms with Crippen LogP contribution in [0.2, 0.25) is 0 Å².